The van der Waals surface area contributed by atoms with E-state index in [4.69, 9.17) is 9.72 Å². The minimum atomic E-state index is -0.227. The fourth-order valence-corrected chi connectivity index (χ4v) is 8.78. The van der Waals surface area contributed by atoms with Crippen molar-refractivity contribution in [3.05, 3.63) is 70.6 Å². The second kappa shape index (κ2) is 14.6. The number of hydrogen-bond donors (Lipinski definition) is 2. The zero-order chi connectivity index (χ0) is 35.8. The van der Waals surface area contributed by atoms with Gasteiger partial charge in [0.2, 0.25) is 17.8 Å². The number of rotatable bonds is 10. The van der Waals surface area contributed by atoms with Gasteiger partial charge in [-0.25, -0.2) is 4.98 Å². The molecule has 2 aromatic carbocycles. The first-order chi connectivity index (χ1) is 25.3. The number of ether oxygens (including phenoxy) is 1. The minimum Gasteiger partial charge on any atom is -0.494 e. The van der Waals surface area contributed by atoms with Crippen molar-refractivity contribution in [1.29, 1.82) is 0 Å². The van der Waals surface area contributed by atoms with Crippen molar-refractivity contribution in [2.45, 2.75) is 71.1 Å². The Morgan fingerprint density at radius 3 is 2.46 bits per heavy atom. The Morgan fingerprint density at radius 2 is 1.71 bits per heavy atom. The molecule has 3 aliphatic carbocycles. The van der Waals surface area contributed by atoms with Crippen LogP contribution in [0.1, 0.15) is 69.8 Å². The van der Waals surface area contributed by atoms with Gasteiger partial charge < -0.3 is 25.2 Å². The van der Waals surface area contributed by atoms with Crippen LogP contribution in [0.15, 0.2) is 59.5 Å². The third-order valence-electron chi connectivity index (χ3n) is 11.7. The molecule has 2 unspecified atom stereocenters. The molecule has 4 aliphatic rings. The highest BCUT2D eigenvalue weighted by Crippen LogP contribution is 2.44. The lowest BCUT2D eigenvalue weighted by molar-refractivity contribution is -0.132. The lowest BCUT2D eigenvalue weighted by Gasteiger charge is -2.39. The van der Waals surface area contributed by atoms with Gasteiger partial charge in [-0.2, -0.15) is 4.98 Å². The van der Waals surface area contributed by atoms with Gasteiger partial charge in [-0.15, -0.1) is 0 Å². The largest absolute Gasteiger partial charge is 0.494 e. The SMILES string of the molecule is COc1cc(N2CCN(C(=O)CCC3CC4CCCC(C4)C3)CC2)ccc1Nc1ncc2c(C)cc(=O)n(-c3cccc(NC(=O)C4CC4)c3)c2n1. The quantitative estimate of drug-likeness (QED) is 0.184. The molecule has 2 amide bonds. The highest BCUT2D eigenvalue weighted by molar-refractivity contribution is 5.94. The number of aryl methyl sites for hydroxylation is 1. The Bertz CT molecular complexity index is 2020. The average Bonchev–Trinajstić information content (AvgIpc) is 4.00. The van der Waals surface area contributed by atoms with E-state index in [2.05, 4.69) is 20.5 Å². The van der Waals surface area contributed by atoms with Gasteiger partial charge in [0.1, 0.15) is 5.75 Å². The Morgan fingerprint density at radius 1 is 0.923 bits per heavy atom. The molecule has 1 saturated heterocycles. The van der Waals surface area contributed by atoms with Crippen LogP contribution in [-0.2, 0) is 9.59 Å². The van der Waals surface area contributed by atoms with Gasteiger partial charge in [0.25, 0.3) is 5.56 Å². The van der Waals surface area contributed by atoms with Crippen LogP contribution in [0.25, 0.3) is 16.7 Å². The number of aromatic nitrogens is 3. The number of piperazine rings is 1. The summed E-state index contributed by atoms with van der Waals surface area (Å²) >= 11 is 0. The van der Waals surface area contributed by atoms with Gasteiger partial charge in [-0.3, -0.25) is 19.0 Å². The van der Waals surface area contributed by atoms with Crippen molar-refractivity contribution in [3.8, 4) is 11.4 Å². The zero-order valence-electron chi connectivity index (χ0n) is 30.3. The molecule has 0 spiro atoms. The second-order valence-corrected chi connectivity index (χ2v) is 15.4. The molecule has 1 aliphatic heterocycles. The van der Waals surface area contributed by atoms with Crippen molar-refractivity contribution in [3.63, 3.8) is 0 Å². The molecular formula is C41H49N7O4. The summed E-state index contributed by atoms with van der Waals surface area (Å²) < 4.78 is 7.36. The van der Waals surface area contributed by atoms with E-state index in [-0.39, 0.29) is 17.4 Å². The summed E-state index contributed by atoms with van der Waals surface area (Å²) in [5, 5.41) is 7.02. The molecule has 3 saturated carbocycles. The van der Waals surface area contributed by atoms with Crippen LogP contribution in [0.3, 0.4) is 0 Å². The molecule has 4 aromatic rings. The Balaban J connectivity index is 0.938. The maximum atomic E-state index is 13.4. The number of anilines is 4. The molecule has 52 heavy (non-hydrogen) atoms. The molecule has 2 aromatic heterocycles. The van der Waals surface area contributed by atoms with Crippen LogP contribution >= 0.6 is 0 Å². The predicted molar refractivity (Wildman–Crippen MR) is 204 cm³/mol. The number of fused-ring (bicyclic) bond motifs is 3. The molecule has 2 bridgehead atoms. The minimum absolute atomic E-state index is 0.00548. The fraction of sp³-hybridized carbons (Fsp3) is 0.488. The normalized spacial score (nSPS) is 21.5. The lowest BCUT2D eigenvalue weighted by Crippen LogP contribution is -2.48. The molecule has 2 N–H and O–H groups in total. The van der Waals surface area contributed by atoms with Crippen molar-refractivity contribution in [2.24, 2.45) is 23.7 Å². The summed E-state index contributed by atoms with van der Waals surface area (Å²) in [4.78, 5) is 52.8. The number of pyridine rings is 1. The molecular weight excluding hydrogens is 654 g/mol. The van der Waals surface area contributed by atoms with Gasteiger partial charge in [0.15, 0.2) is 5.65 Å². The second-order valence-electron chi connectivity index (χ2n) is 15.4. The van der Waals surface area contributed by atoms with Gasteiger partial charge in [0.05, 0.1) is 18.5 Å². The maximum Gasteiger partial charge on any atom is 0.257 e. The van der Waals surface area contributed by atoms with Crippen LogP contribution < -0.4 is 25.8 Å². The van der Waals surface area contributed by atoms with Crippen LogP contribution in [0.2, 0.25) is 0 Å². The third-order valence-corrected chi connectivity index (χ3v) is 11.7. The van der Waals surface area contributed by atoms with Gasteiger partial charge in [-0.1, -0.05) is 25.3 Å². The van der Waals surface area contributed by atoms with Crippen molar-refractivity contribution < 1.29 is 14.3 Å². The molecule has 11 nitrogen and oxygen atoms in total. The molecule has 4 fully saturated rings. The van der Waals surface area contributed by atoms with E-state index in [0.717, 1.165) is 79.8 Å². The smallest absolute Gasteiger partial charge is 0.257 e. The van der Waals surface area contributed by atoms with Crippen molar-refractivity contribution in [2.75, 3.05) is 48.8 Å². The van der Waals surface area contributed by atoms with Crippen molar-refractivity contribution in [1.82, 2.24) is 19.4 Å². The lowest BCUT2D eigenvalue weighted by atomic mass is 9.67. The van der Waals surface area contributed by atoms with E-state index >= 15 is 0 Å². The van der Waals surface area contributed by atoms with E-state index in [1.807, 2.05) is 48.2 Å². The van der Waals surface area contributed by atoms with E-state index in [9.17, 15) is 14.4 Å². The van der Waals surface area contributed by atoms with Gasteiger partial charge >= 0.3 is 0 Å². The maximum absolute atomic E-state index is 13.4. The van der Waals surface area contributed by atoms with E-state index < -0.39 is 0 Å². The van der Waals surface area contributed by atoms with Gasteiger partial charge in [-0.05, 0) is 99.1 Å². The summed E-state index contributed by atoms with van der Waals surface area (Å²) in [7, 11) is 1.64. The van der Waals surface area contributed by atoms with Crippen molar-refractivity contribution >= 4 is 45.9 Å². The monoisotopic (exact) mass is 703 g/mol. The van der Waals surface area contributed by atoms with Crippen LogP contribution in [-0.4, -0.2) is 64.5 Å². The summed E-state index contributed by atoms with van der Waals surface area (Å²) in [5.41, 5.74) is 3.96. The highest BCUT2D eigenvalue weighted by Gasteiger charge is 2.33. The number of amides is 2. The Kier molecular flexibility index (Phi) is 9.59. The topological polar surface area (TPSA) is 122 Å². The Hall–Kier alpha value is -4.93. The fourth-order valence-electron chi connectivity index (χ4n) is 8.78. The molecule has 3 heterocycles. The molecule has 0 radical (unpaired) electrons. The number of benzene rings is 2. The van der Waals surface area contributed by atoms with Crippen LogP contribution in [0.5, 0.6) is 5.75 Å². The average molecular weight is 704 g/mol. The summed E-state index contributed by atoms with van der Waals surface area (Å²) in [6, 6.07) is 14.8. The first-order valence-electron chi connectivity index (χ1n) is 19.1. The summed E-state index contributed by atoms with van der Waals surface area (Å²) in [6.07, 6.45) is 13.5. The third kappa shape index (κ3) is 7.36. The van der Waals surface area contributed by atoms with Gasteiger partial charge in [0, 0.05) is 73.6 Å². The molecule has 2 atom stereocenters. The van der Waals surface area contributed by atoms with E-state index in [0.29, 0.717) is 46.7 Å². The highest BCUT2D eigenvalue weighted by atomic mass is 16.5. The summed E-state index contributed by atoms with van der Waals surface area (Å²) in [5.74, 6) is 3.87. The summed E-state index contributed by atoms with van der Waals surface area (Å²) in [6.45, 7) is 4.85. The predicted octanol–water partition coefficient (Wildman–Crippen LogP) is 6.84. The number of carbonyl (C=O) groups excluding carboxylic acids is 2. The number of nitrogens with zero attached hydrogens (tertiary/aromatic N) is 5. The van der Waals surface area contributed by atoms with E-state index in [1.165, 1.54) is 38.5 Å². The number of nitrogens with one attached hydrogen (secondary N) is 2. The number of methoxy groups -OCH3 is 1. The zero-order valence-corrected chi connectivity index (χ0v) is 30.3. The molecule has 11 heteroatoms. The first kappa shape index (κ1) is 34.2. The molecule has 8 rings (SSSR count). The van der Waals surface area contributed by atoms with E-state index in [1.54, 1.807) is 30.0 Å². The molecule has 272 valence electrons. The standard InChI is InChI=1S/C41H49N7O4/c1-26-19-38(50)48(33-8-4-7-31(23-33)43-40(51)30-10-11-30)39-34(26)25-42-41(45-39)44-35-13-12-32(24-36(35)52-2)46-15-17-47(18-16-46)37(49)14-9-29-21-27-5-3-6-28(20-27)22-29/h4,7-8,12-13,19,23-25,27-30H,3,5-6,9-11,14-18,20-22H2,1-2H3,(H,43,51)(H,42,44,45). The number of hydrogen-bond acceptors (Lipinski definition) is 8. The first-order valence-corrected chi connectivity index (χ1v) is 19.1. The van der Waals surface area contributed by atoms with Crippen LogP contribution in [0, 0.1) is 30.6 Å². The Labute approximate surface area is 304 Å². The van der Waals surface area contributed by atoms with Crippen LogP contribution in [0.4, 0.5) is 23.0 Å². The number of carbonyl (C=O) groups is 2.